The van der Waals surface area contributed by atoms with Gasteiger partial charge in [-0.15, -0.1) is 0 Å². The number of hydrogen-bond donors (Lipinski definition) is 1. The molecule has 0 unspecified atom stereocenters. The van der Waals surface area contributed by atoms with E-state index >= 15 is 0 Å². The fourth-order valence-electron chi connectivity index (χ4n) is 1.61. The third kappa shape index (κ3) is 2.89. The number of hydrogen-bond acceptors (Lipinski definition) is 2. The van der Waals surface area contributed by atoms with E-state index in [4.69, 9.17) is 27.9 Å². The lowest BCUT2D eigenvalue weighted by atomic mass is 10.2. The smallest absolute Gasteiger partial charge is 0.119 e. The second-order valence-corrected chi connectivity index (χ2v) is 4.75. The van der Waals surface area contributed by atoms with Crippen molar-refractivity contribution in [3.05, 3.63) is 52.0 Å². The molecule has 18 heavy (non-hydrogen) atoms. The van der Waals surface area contributed by atoms with Gasteiger partial charge in [0.2, 0.25) is 0 Å². The van der Waals surface area contributed by atoms with Gasteiger partial charge in [0, 0.05) is 11.4 Å². The molecule has 94 valence electrons. The summed E-state index contributed by atoms with van der Waals surface area (Å²) in [5.41, 5.74) is 2.95. The van der Waals surface area contributed by atoms with Crippen LogP contribution in [0.2, 0.25) is 10.0 Å². The monoisotopic (exact) mass is 281 g/mol. The Morgan fingerprint density at radius 2 is 1.61 bits per heavy atom. The molecule has 0 aliphatic rings. The first-order valence-corrected chi connectivity index (χ1v) is 6.22. The summed E-state index contributed by atoms with van der Waals surface area (Å²) in [6.07, 6.45) is 0. The molecule has 4 heteroatoms. The fourth-order valence-corrected chi connectivity index (χ4v) is 1.99. The summed E-state index contributed by atoms with van der Waals surface area (Å²) in [5, 5.41) is 4.40. The topological polar surface area (TPSA) is 21.3 Å². The van der Waals surface area contributed by atoms with Crippen LogP contribution in [0.4, 0.5) is 11.4 Å². The second-order valence-electron chi connectivity index (χ2n) is 3.93. The maximum atomic E-state index is 6.01. The van der Waals surface area contributed by atoms with Crippen LogP contribution in [-0.4, -0.2) is 7.11 Å². The summed E-state index contributed by atoms with van der Waals surface area (Å²) in [6.45, 7) is 1.98. The first-order valence-electron chi connectivity index (χ1n) is 5.47. The maximum absolute atomic E-state index is 6.01. The Hall–Kier alpha value is -1.38. The number of aryl methyl sites for hydroxylation is 1. The van der Waals surface area contributed by atoms with Crippen molar-refractivity contribution in [1.29, 1.82) is 0 Å². The fraction of sp³-hybridized carbons (Fsp3) is 0.143. The Kier molecular flexibility index (Phi) is 4.00. The molecular weight excluding hydrogens is 269 g/mol. The van der Waals surface area contributed by atoms with Gasteiger partial charge in [-0.25, -0.2) is 0 Å². The molecule has 2 aromatic carbocycles. The third-order valence-electron chi connectivity index (χ3n) is 2.64. The normalized spacial score (nSPS) is 10.2. The number of anilines is 2. The van der Waals surface area contributed by atoms with Crippen molar-refractivity contribution in [3.8, 4) is 5.75 Å². The minimum Gasteiger partial charge on any atom is -0.497 e. The summed E-state index contributed by atoms with van der Waals surface area (Å²) in [5.74, 6) is 0.825. The zero-order valence-corrected chi connectivity index (χ0v) is 11.6. The number of nitrogens with one attached hydrogen (secondary N) is 1. The molecule has 0 aliphatic carbocycles. The molecule has 0 saturated carbocycles. The molecule has 0 heterocycles. The molecule has 0 atom stereocenters. The lowest BCUT2D eigenvalue weighted by Gasteiger charge is -2.11. The van der Waals surface area contributed by atoms with Crippen molar-refractivity contribution >= 4 is 34.6 Å². The largest absolute Gasteiger partial charge is 0.497 e. The highest BCUT2D eigenvalue weighted by atomic mass is 35.5. The van der Waals surface area contributed by atoms with E-state index in [-0.39, 0.29) is 0 Å². The lowest BCUT2D eigenvalue weighted by molar-refractivity contribution is 0.415. The predicted molar refractivity (Wildman–Crippen MR) is 77.5 cm³/mol. The van der Waals surface area contributed by atoms with Gasteiger partial charge in [0.05, 0.1) is 17.2 Å². The van der Waals surface area contributed by atoms with Crippen LogP contribution < -0.4 is 10.1 Å². The molecule has 0 saturated heterocycles. The maximum Gasteiger partial charge on any atom is 0.119 e. The van der Waals surface area contributed by atoms with Crippen molar-refractivity contribution < 1.29 is 4.74 Å². The average molecular weight is 282 g/mol. The lowest BCUT2D eigenvalue weighted by Crippen LogP contribution is -1.93. The van der Waals surface area contributed by atoms with Crippen LogP contribution in [0.25, 0.3) is 0 Å². The number of rotatable bonds is 3. The zero-order valence-electron chi connectivity index (χ0n) is 10.1. The Morgan fingerprint density at radius 3 is 2.22 bits per heavy atom. The van der Waals surface area contributed by atoms with Crippen LogP contribution >= 0.6 is 23.2 Å². The minimum absolute atomic E-state index is 0.540. The summed E-state index contributed by atoms with van der Waals surface area (Å²) in [6, 6.07) is 11.4. The van der Waals surface area contributed by atoms with Gasteiger partial charge in [0.25, 0.3) is 0 Å². The molecule has 0 aliphatic heterocycles. The van der Waals surface area contributed by atoms with E-state index in [0.29, 0.717) is 10.0 Å². The third-order valence-corrected chi connectivity index (χ3v) is 3.36. The molecule has 2 aromatic rings. The quantitative estimate of drug-likeness (QED) is 0.850. The van der Waals surface area contributed by atoms with Gasteiger partial charge in [-0.05, 0) is 48.9 Å². The molecule has 0 spiro atoms. The van der Waals surface area contributed by atoms with Gasteiger partial charge in [-0.1, -0.05) is 23.2 Å². The van der Waals surface area contributed by atoms with E-state index in [9.17, 15) is 0 Å². The number of ether oxygens (including phenoxy) is 1. The Labute approximate surface area is 116 Å². The van der Waals surface area contributed by atoms with Crippen LogP contribution in [-0.2, 0) is 0 Å². The summed E-state index contributed by atoms with van der Waals surface area (Å²) >= 11 is 12.0. The highest BCUT2D eigenvalue weighted by molar-refractivity contribution is 6.42. The predicted octanol–water partition coefficient (Wildman–Crippen LogP) is 5.05. The molecular formula is C14H13Cl2NO. The number of methoxy groups -OCH3 is 1. The Bertz CT molecular complexity index is 552. The van der Waals surface area contributed by atoms with E-state index in [1.807, 2.05) is 43.3 Å². The van der Waals surface area contributed by atoms with E-state index in [1.54, 1.807) is 7.11 Å². The van der Waals surface area contributed by atoms with E-state index < -0.39 is 0 Å². The van der Waals surface area contributed by atoms with Crippen LogP contribution in [0.3, 0.4) is 0 Å². The molecule has 2 nitrogen and oxygen atoms in total. The minimum atomic E-state index is 0.540. The first kappa shape index (κ1) is 13.1. The van der Waals surface area contributed by atoms with Crippen molar-refractivity contribution in [3.63, 3.8) is 0 Å². The van der Waals surface area contributed by atoms with Crippen molar-refractivity contribution in [2.24, 2.45) is 0 Å². The molecule has 2 rings (SSSR count). The SMILES string of the molecule is COc1ccc(Nc2cc(Cl)c(Cl)cc2C)cc1. The van der Waals surface area contributed by atoms with Gasteiger partial charge >= 0.3 is 0 Å². The van der Waals surface area contributed by atoms with Crippen molar-refractivity contribution in [1.82, 2.24) is 0 Å². The number of halogens is 2. The summed E-state index contributed by atoms with van der Waals surface area (Å²) in [7, 11) is 1.64. The summed E-state index contributed by atoms with van der Waals surface area (Å²) < 4.78 is 5.11. The highest BCUT2D eigenvalue weighted by Crippen LogP contribution is 2.30. The molecule has 0 amide bonds. The van der Waals surface area contributed by atoms with Crippen LogP contribution in [0.5, 0.6) is 5.75 Å². The Morgan fingerprint density at radius 1 is 1.00 bits per heavy atom. The highest BCUT2D eigenvalue weighted by Gasteiger charge is 2.04. The second kappa shape index (κ2) is 5.51. The van der Waals surface area contributed by atoms with Crippen molar-refractivity contribution in [2.45, 2.75) is 6.92 Å². The molecule has 0 bridgehead atoms. The van der Waals surface area contributed by atoms with Gasteiger partial charge < -0.3 is 10.1 Å². The first-order chi connectivity index (χ1) is 8.60. The molecule has 0 fully saturated rings. The zero-order chi connectivity index (χ0) is 13.1. The van der Waals surface area contributed by atoms with E-state index in [0.717, 1.165) is 22.7 Å². The van der Waals surface area contributed by atoms with Gasteiger partial charge in [0.15, 0.2) is 0 Å². The van der Waals surface area contributed by atoms with Gasteiger partial charge in [-0.2, -0.15) is 0 Å². The summed E-state index contributed by atoms with van der Waals surface area (Å²) in [4.78, 5) is 0. The number of benzene rings is 2. The molecule has 0 radical (unpaired) electrons. The van der Waals surface area contributed by atoms with Crippen molar-refractivity contribution in [2.75, 3.05) is 12.4 Å². The average Bonchev–Trinajstić information content (AvgIpc) is 2.37. The van der Waals surface area contributed by atoms with Crippen LogP contribution in [0, 0.1) is 6.92 Å². The molecule has 1 N–H and O–H groups in total. The standard InChI is InChI=1S/C14H13Cl2NO/c1-9-7-12(15)13(16)8-14(9)17-10-3-5-11(18-2)6-4-10/h3-8,17H,1-2H3. The molecule has 0 aromatic heterocycles. The van der Waals surface area contributed by atoms with Gasteiger partial charge in [-0.3, -0.25) is 0 Å². The van der Waals surface area contributed by atoms with Crippen LogP contribution in [0.1, 0.15) is 5.56 Å². The van der Waals surface area contributed by atoms with Gasteiger partial charge in [0.1, 0.15) is 5.75 Å². The Balaban J connectivity index is 2.25. The van der Waals surface area contributed by atoms with E-state index in [2.05, 4.69) is 5.32 Å². The van der Waals surface area contributed by atoms with E-state index in [1.165, 1.54) is 0 Å². The van der Waals surface area contributed by atoms with Crippen LogP contribution in [0.15, 0.2) is 36.4 Å².